The summed E-state index contributed by atoms with van der Waals surface area (Å²) in [7, 11) is 0. The fourth-order valence-electron chi connectivity index (χ4n) is 4.00. The molecular weight excluding hydrogens is 450 g/mol. The predicted octanol–water partition coefficient (Wildman–Crippen LogP) is 3.93. The highest BCUT2D eigenvalue weighted by Crippen LogP contribution is 2.44. The third-order valence-corrected chi connectivity index (χ3v) is 5.70. The normalized spacial score (nSPS) is 15.9. The molecule has 1 unspecified atom stereocenters. The number of aliphatic hydroxyl groups is 2. The monoisotopic (exact) mass is 477 g/mol. The van der Waals surface area contributed by atoms with Crippen LogP contribution in [0.1, 0.15) is 37.8 Å². The van der Waals surface area contributed by atoms with E-state index in [1.165, 1.54) is 4.90 Å². The zero-order valence-electron chi connectivity index (χ0n) is 19.8. The number of para-hydroxylation sites is 1. The van der Waals surface area contributed by atoms with Crippen molar-refractivity contribution >= 4 is 17.4 Å². The second-order valence-electron chi connectivity index (χ2n) is 8.51. The van der Waals surface area contributed by atoms with Crippen molar-refractivity contribution < 1.29 is 29.1 Å². The smallest absolute Gasteiger partial charge is 0.294 e. The van der Waals surface area contributed by atoms with E-state index in [1.54, 1.807) is 69.3 Å². The van der Waals surface area contributed by atoms with Gasteiger partial charge in [0.05, 0.1) is 18.2 Å². The molecule has 1 aromatic heterocycles. The van der Waals surface area contributed by atoms with E-state index in [-0.39, 0.29) is 24.6 Å². The van der Waals surface area contributed by atoms with Crippen molar-refractivity contribution in [3.05, 3.63) is 71.3 Å². The first kappa shape index (κ1) is 24.2. The van der Waals surface area contributed by atoms with Crippen LogP contribution in [0.3, 0.4) is 0 Å². The van der Waals surface area contributed by atoms with Crippen molar-refractivity contribution in [2.45, 2.75) is 33.2 Å². The number of benzene rings is 2. The highest BCUT2D eigenvalue weighted by atomic mass is 16.5. The maximum Gasteiger partial charge on any atom is 0.294 e. The van der Waals surface area contributed by atoms with Crippen LogP contribution in [0.15, 0.2) is 64.4 Å². The molecule has 2 aromatic carbocycles. The van der Waals surface area contributed by atoms with Gasteiger partial charge in [0.15, 0.2) is 11.5 Å². The van der Waals surface area contributed by atoms with E-state index in [4.69, 9.17) is 14.4 Å². The van der Waals surface area contributed by atoms with Crippen molar-refractivity contribution in [1.82, 2.24) is 10.1 Å². The van der Waals surface area contributed by atoms with Crippen molar-refractivity contribution in [2.75, 3.05) is 18.1 Å². The van der Waals surface area contributed by atoms with Gasteiger partial charge in [-0.15, -0.1) is 0 Å². The molecule has 0 saturated carbocycles. The van der Waals surface area contributed by atoms with Crippen molar-refractivity contribution in [3.63, 3.8) is 0 Å². The minimum absolute atomic E-state index is 0.0275. The van der Waals surface area contributed by atoms with Crippen molar-refractivity contribution in [3.8, 4) is 17.1 Å². The molecule has 2 heterocycles. The van der Waals surface area contributed by atoms with Gasteiger partial charge < -0.3 is 19.5 Å². The molecule has 1 aliphatic heterocycles. The van der Waals surface area contributed by atoms with Crippen LogP contribution in [-0.4, -0.2) is 45.3 Å². The number of hydrogen-bond acceptors (Lipinski definition) is 8. The molecule has 0 saturated heterocycles. The van der Waals surface area contributed by atoms with Crippen LogP contribution >= 0.6 is 0 Å². The number of anilines is 1. The minimum Gasteiger partial charge on any atom is -0.503 e. The number of carbonyl (C=O) groups is 2. The molecule has 9 nitrogen and oxygen atoms in total. The molecule has 0 radical (unpaired) electrons. The van der Waals surface area contributed by atoms with Gasteiger partial charge in [-0.05, 0) is 30.3 Å². The van der Waals surface area contributed by atoms with E-state index in [9.17, 15) is 14.7 Å². The molecule has 1 amide bonds. The van der Waals surface area contributed by atoms with Gasteiger partial charge in [-0.1, -0.05) is 37.2 Å². The lowest BCUT2D eigenvalue weighted by Crippen LogP contribution is -2.31. The second-order valence-corrected chi connectivity index (χ2v) is 8.51. The number of amides is 1. The van der Waals surface area contributed by atoms with Gasteiger partial charge in [-0.2, -0.15) is 4.98 Å². The van der Waals surface area contributed by atoms with Crippen LogP contribution in [0.5, 0.6) is 5.75 Å². The summed E-state index contributed by atoms with van der Waals surface area (Å²) in [6.45, 7) is 5.37. The van der Waals surface area contributed by atoms with E-state index in [0.717, 1.165) is 0 Å². The summed E-state index contributed by atoms with van der Waals surface area (Å²) in [5, 5.41) is 23.9. The lowest BCUT2D eigenvalue weighted by atomic mass is 9.90. The highest BCUT2D eigenvalue weighted by Gasteiger charge is 2.45. The number of ether oxygens (including phenoxy) is 1. The first-order chi connectivity index (χ1) is 16.8. The summed E-state index contributed by atoms with van der Waals surface area (Å²) < 4.78 is 10.9. The lowest BCUT2D eigenvalue weighted by molar-refractivity contribution is -0.119. The third-order valence-electron chi connectivity index (χ3n) is 5.70. The quantitative estimate of drug-likeness (QED) is 0.444. The number of aromatic nitrogens is 2. The van der Waals surface area contributed by atoms with Crippen molar-refractivity contribution in [2.24, 2.45) is 5.92 Å². The first-order valence-corrected chi connectivity index (χ1v) is 11.4. The summed E-state index contributed by atoms with van der Waals surface area (Å²) in [6, 6.07) is 13.1. The molecule has 4 rings (SSSR count). The Morgan fingerprint density at radius 2 is 1.89 bits per heavy atom. The van der Waals surface area contributed by atoms with E-state index >= 15 is 0 Å². The Morgan fingerprint density at radius 1 is 1.17 bits per heavy atom. The zero-order chi connectivity index (χ0) is 25.1. The SMILES string of the molecule is Cc1nc(-c2ccc(N3C(=O)C(O)=C(C(=O)C(C)C)C3c3ccccc3OCCCO)cc2)no1. The Morgan fingerprint density at radius 3 is 2.51 bits per heavy atom. The third kappa shape index (κ3) is 4.67. The standard InChI is InChI=1S/C26H27N3O6/c1-15(2)23(31)21-22(19-7-4-5-8-20(19)34-14-6-13-30)29(26(33)24(21)32)18-11-9-17(10-12-18)25-27-16(3)35-28-25/h4-5,7-12,15,22,30,32H,6,13-14H2,1-3H3. The molecule has 182 valence electrons. The number of aliphatic hydroxyl groups excluding tert-OH is 2. The van der Waals surface area contributed by atoms with Gasteiger partial charge in [0.1, 0.15) is 5.75 Å². The van der Waals surface area contributed by atoms with Crippen LogP contribution < -0.4 is 9.64 Å². The maximum absolute atomic E-state index is 13.3. The van der Waals surface area contributed by atoms with E-state index in [0.29, 0.717) is 40.7 Å². The molecule has 3 aromatic rings. The van der Waals surface area contributed by atoms with Gasteiger partial charge in [0.25, 0.3) is 5.91 Å². The van der Waals surface area contributed by atoms with Crippen LogP contribution in [0.2, 0.25) is 0 Å². The number of ketones is 1. The molecular formula is C26H27N3O6. The molecule has 9 heteroatoms. The summed E-state index contributed by atoms with van der Waals surface area (Å²) in [5.41, 5.74) is 1.76. The van der Waals surface area contributed by atoms with Crippen LogP contribution in [0.25, 0.3) is 11.4 Å². The van der Waals surface area contributed by atoms with Crippen LogP contribution in [0.4, 0.5) is 5.69 Å². The summed E-state index contributed by atoms with van der Waals surface area (Å²) in [4.78, 5) is 32.1. The molecule has 0 aliphatic carbocycles. The van der Waals surface area contributed by atoms with E-state index < -0.39 is 23.6 Å². The Balaban J connectivity index is 1.79. The molecule has 2 N–H and O–H groups in total. The Bertz CT molecular complexity index is 1260. The predicted molar refractivity (Wildman–Crippen MR) is 128 cm³/mol. The van der Waals surface area contributed by atoms with Gasteiger partial charge in [-0.25, -0.2) is 0 Å². The maximum atomic E-state index is 13.3. The average molecular weight is 478 g/mol. The fourth-order valence-corrected chi connectivity index (χ4v) is 4.00. The summed E-state index contributed by atoms with van der Waals surface area (Å²) in [5.74, 6) is -0.697. The summed E-state index contributed by atoms with van der Waals surface area (Å²) >= 11 is 0. The molecule has 0 spiro atoms. The zero-order valence-corrected chi connectivity index (χ0v) is 19.8. The van der Waals surface area contributed by atoms with Crippen molar-refractivity contribution in [1.29, 1.82) is 0 Å². The fraction of sp³-hybridized carbons (Fsp3) is 0.308. The second kappa shape index (κ2) is 10.1. The minimum atomic E-state index is -0.888. The number of hydrogen-bond donors (Lipinski definition) is 2. The Hall–Kier alpha value is -3.98. The van der Waals surface area contributed by atoms with E-state index in [2.05, 4.69) is 10.1 Å². The van der Waals surface area contributed by atoms with Gasteiger partial charge >= 0.3 is 0 Å². The molecule has 0 fully saturated rings. The van der Waals surface area contributed by atoms with Crippen LogP contribution in [-0.2, 0) is 9.59 Å². The Labute approximate surface area is 202 Å². The van der Waals surface area contributed by atoms with Crippen LogP contribution in [0, 0.1) is 12.8 Å². The van der Waals surface area contributed by atoms with Gasteiger partial charge in [0.2, 0.25) is 11.7 Å². The molecule has 0 bridgehead atoms. The number of carbonyl (C=O) groups excluding carboxylic acids is 2. The largest absolute Gasteiger partial charge is 0.503 e. The first-order valence-electron chi connectivity index (χ1n) is 11.4. The van der Waals surface area contributed by atoms with E-state index in [1.807, 2.05) is 0 Å². The number of Topliss-reactive ketones (excluding diaryl/α,β-unsaturated/α-hetero) is 1. The number of rotatable bonds is 9. The average Bonchev–Trinajstić information content (AvgIpc) is 3.40. The van der Waals surface area contributed by atoms with Gasteiger partial charge in [-0.3, -0.25) is 14.5 Å². The highest BCUT2D eigenvalue weighted by molar-refractivity contribution is 6.17. The topological polar surface area (TPSA) is 126 Å². The van der Waals surface area contributed by atoms with Gasteiger partial charge in [0, 0.05) is 42.7 Å². The molecule has 35 heavy (non-hydrogen) atoms. The number of aryl methyl sites for hydroxylation is 1. The number of nitrogens with zero attached hydrogens (tertiary/aromatic N) is 3. The molecule has 1 aliphatic rings. The molecule has 1 atom stereocenters. The lowest BCUT2D eigenvalue weighted by Gasteiger charge is -2.28. The summed E-state index contributed by atoms with van der Waals surface area (Å²) in [6.07, 6.45) is 0.428. The Kier molecular flexibility index (Phi) is 6.97.